The number of ether oxygens (including phenoxy) is 2. The van der Waals surface area contributed by atoms with Crippen LogP contribution in [-0.4, -0.2) is 72.9 Å². The minimum atomic E-state index is -0.548. The summed E-state index contributed by atoms with van der Waals surface area (Å²) in [7, 11) is 0. The first kappa shape index (κ1) is 20.8. The third kappa shape index (κ3) is 6.31. The predicted octanol–water partition coefficient (Wildman–Crippen LogP) is 2.48. The molecule has 0 aliphatic carbocycles. The normalized spacial score (nSPS) is 16.6. The van der Waals surface area contributed by atoms with E-state index in [4.69, 9.17) is 9.47 Å². The van der Waals surface area contributed by atoms with Crippen molar-refractivity contribution in [3.05, 3.63) is 52.2 Å². The minimum Gasteiger partial charge on any atom is -0.491 e. The Balaban J connectivity index is 1.35. The molecular formula is C21H28N2O4S. The lowest BCUT2D eigenvalue weighted by Gasteiger charge is -2.35. The second-order valence-electron chi connectivity index (χ2n) is 6.87. The molecule has 1 aromatic heterocycles. The maximum Gasteiger partial charge on any atom is 0.338 e. The van der Waals surface area contributed by atoms with Crippen molar-refractivity contribution in [2.75, 3.05) is 45.9 Å². The largest absolute Gasteiger partial charge is 0.491 e. The number of hydrogen-bond donors (Lipinski definition) is 1. The summed E-state index contributed by atoms with van der Waals surface area (Å²) in [6, 6.07) is 11.1. The molecule has 0 bridgehead atoms. The van der Waals surface area contributed by atoms with Gasteiger partial charge in [-0.05, 0) is 42.6 Å². The smallest absolute Gasteiger partial charge is 0.338 e. The van der Waals surface area contributed by atoms with Crippen LogP contribution in [0.3, 0.4) is 0 Å². The highest BCUT2D eigenvalue weighted by atomic mass is 32.1. The van der Waals surface area contributed by atoms with Crippen LogP contribution in [0.2, 0.25) is 0 Å². The third-order valence-electron chi connectivity index (χ3n) is 4.70. The number of esters is 1. The van der Waals surface area contributed by atoms with E-state index in [9.17, 15) is 9.90 Å². The van der Waals surface area contributed by atoms with Gasteiger partial charge in [-0.3, -0.25) is 9.80 Å². The van der Waals surface area contributed by atoms with Gasteiger partial charge in [0.05, 0.1) is 12.2 Å². The maximum absolute atomic E-state index is 11.6. The molecule has 28 heavy (non-hydrogen) atoms. The number of aliphatic hydroxyl groups excluding tert-OH is 1. The molecule has 1 unspecified atom stereocenters. The molecule has 6 nitrogen and oxygen atoms in total. The van der Waals surface area contributed by atoms with Crippen LogP contribution in [0.15, 0.2) is 41.8 Å². The molecule has 1 atom stereocenters. The van der Waals surface area contributed by atoms with E-state index in [0.29, 0.717) is 24.5 Å². The van der Waals surface area contributed by atoms with E-state index in [2.05, 4.69) is 27.3 Å². The first-order valence-corrected chi connectivity index (χ1v) is 10.6. The fourth-order valence-electron chi connectivity index (χ4n) is 3.20. The number of β-amino-alcohol motifs (C(OH)–C–C–N with tert-alkyl or cyclic N) is 1. The average Bonchev–Trinajstić information content (AvgIpc) is 3.21. The van der Waals surface area contributed by atoms with E-state index >= 15 is 0 Å². The molecule has 1 fully saturated rings. The molecule has 1 aromatic carbocycles. The van der Waals surface area contributed by atoms with Crippen LogP contribution in [0.5, 0.6) is 5.75 Å². The second kappa shape index (κ2) is 10.6. The highest BCUT2D eigenvalue weighted by molar-refractivity contribution is 7.09. The number of piperazine rings is 1. The third-order valence-corrected chi connectivity index (χ3v) is 5.56. The summed E-state index contributed by atoms with van der Waals surface area (Å²) in [5.74, 6) is 0.292. The number of rotatable bonds is 9. The monoisotopic (exact) mass is 404 g/mol. The molecule has 1 N–H and O–H groups in total. The quantitative estimate of drug-likeness (QED) is 0.648. The molecule has 3 rings (SSSR count). The molecule has 2 heterocycles. The molecule has 0 saturated carbocycles. The molecule has 1 aliphatic rings. The van der Waals surface area contributed by atoms with Crippen LogP contribution in [0.4, 0.5) is 0 Å². The molecule has 1 aliphatic heterocycles. The van der Waals surface area contributed by atoms with Crippen molar-refractivity contribution in [2.24, 2.45) is 0 Å². The lowest BCUT2D eigenvalue weighted by molar-refractivity contribution is 0.0447. The lowest BCUT2D eigenvalue weighted by atomic mass is 10.2. The summed E-state index contributed by atoms with van der Waals surface area (Å²) in [5, 5.41) is 12.4. The van der Waals surface area contributed by atoms with Crippen LogP contribution in [0, 0.1) is 0 Å². The van der Waals surface area contributed by atoms with Crippen LogP contribution in [-0.2, 0) is 11.3 Å². The summed E-state index contributed by atoms with van der Waals surface area (Å²) >= 11 is 1.80. The van der Waals surface area contributed by atoms with Crippen LogP contribution in [0.1, 0.15) is 22.2 Å². The molecular weight excluding hydrogens is 376 g/mol. The van der Waals surface area contributed by atoms with Crippen molar-refractivity contribution in [3.8, 4) is 5.75 Å². The molecule has 0 radical (unpaired) electrons. The van der Waals surface area contributed by atoms with Crippen molar-refractivity contribution in [1.82, 2.24) is 9.80 Å². The van der Waals surface area contributed by atoms with Crippen molar-refractivity contribution in [2.45, 2.75) is 19.6 Å². The van der Waals surface area contributed by atoms with Crippen molar-refractivity contribution >= 4 is 17.3 Å². The Morgan fingerprint density at radius 2 is 1.86 bits per heavy atom. The number of carbonyl (C=O) groups excluding carboxylic acids is 1. The lowest BCUT2D eigenvalue weighted by Crippen LogP contribution is -2.48. The number of thiophene rings is 1. The Bertz CT molecular complexity index is 713. The average molecular weight is 405 g/mol. The summed E-state index contributed by atoms with van der Waals surface area (Å²) in [6.07, 6.45) is -0.548. The number of hydrogen-bond acceptors (Lipinski definition) is 7. The highest BCUT2D eigenvalue weighted by Crippen LogP contribution is 2.15. The SMILES string of the molecule is CCOC(=O)c1ccc(OCC(O)CN2CCN(Cc3cccs3)CC2)cc1. The molecule has 0 spiro atoms. The van der Waals surface area contributed by atoms with Crippen molar-refractivity contribution in [3.63, 3.8) is 0 Å². The minimum absolute atomic E-state index is 0.230. The zero-order chi connectivity index (χ0) is 19.8. The van der Waals surface area contributed by atoms with Gasteiger partial charge < -0.3 is 14.6 Å². The van der Waals surface area contributed by atoms with Crippen LogP contribution in [0.25, 0.3) is 0 Å². The summed E-state index contributed by atoms with van der Waals surface area (Å²) in [4.78, 5) is 17.8. The van der Waals surface area contributed by atoms with Gasteiger partial charge >= 0.3 is 5.97 Å². The van der Waals surface area contributed by atoms with Gasteiger partial charge in [-0.25, -0.2) is 4.79 Å². The Kier molecular flexibility index (Phi) is 7.85. The van der Waals surface area contributed by atoms with Gasteiger partial charge in [0.15, 0.2) is 0 Å². The molecule has 152 valence electrons. The number of aliphatic hydroxyl groups is 1. The van der Waals surface area contributed by atoms with Gasteiger partial charge in [0, 0.05) is 44.1 Å². The predicted molar refractivity (Wildman–Crippen MR) is 110 cm³/mol. The Labute approximate surface area is 170 Å². The van der Waals surface area contributed by atoms with Gasteiger partial charge in [-0.15, -0.1) is 11.3 Å². The number of benzene rings is 1. The molecule has 0 amide bonds. The van der Waals surface area contributed by atoms with Gasteiger partial charge in [-0.1, -0.05) is 6.07 Å². The van der Waals surface area contributed by atoms with Crippen LogP contribution < -0.4 is 4.74 Å². The zero-order valence-corrected chi connectivity index (χ0v) is 17.1. The molecule has 7 heteroatoms. The van der Waals surface area contributed by atoms with Crippen LogP contribution >= 0.6 is 11.3 Å². The van der Waals surface area contributed by atoms with Gasteiger partial charge in [0.25, 0.3) is 0 Å². The zero-order valence-electron chi connectivity index (χ0n) is 16.3. The van der Waals surface area contributed by atoms with Crippen molar-refractivity contribution in [1.29, 1.82) is 0 Å². The fraction of sp³-hybridized carbons (Fsp3) is 0.476. The molecule has 1 saturated heterocycles. The Morgan fingerprint density at radius 3 is 2.50 bits per heavy atom. The summed E-state index contributed by atoms with van der Waals surface area (Å²) in [5.41, 5.74) is 0.496. The van der Waals surface area contributed by atoms with Gasteiger partial charge in [-0.2, -0.15) is 0 Å². The van der Waals surface area contributed by atoms with E-state index in [1.165, 1.54) is 4.88 Å². The van der Waals surface area contributed by atoms with E-state index in [1.807, 2.05) is 0 Å². The van der Waals surface area contributed by atoms with E-state index in [0.717, 1.165) is 32.7 Å². The number of nitrogens with zero attached hydrogens (tertiary/aromatic N) is 2. The summed E-state index contributed by atoms with van der Waals surface area (Å²) < 4.78 is 10.6. The van der Waals surface area contributed by atoms with E-state index in [-0.39, 0.29) is 12.6 Å². The van der Waals surface area contributed by atoms with Gasteiger partial charge in [0.1, 0.15) is 18.5 Å². The van der Waals surface area contributed by atoms with E-state index < -0.39 is 6.10 Å². The highest BCUT2D eigenvalue weighted by Gasteiger charge is 2.20. The Morgan fingerprint density at radius 1 is 1.14 bits per heavy atom. The fourth-order valence-corrected chi connectivity index (χ4v) is 3.94. The first-order chi connectivity index (χ1) is 13.6. The standard InChI is InChI=1S/C21H28N2O4S/c1-2-26-21(25)17-5-7-19(8-6-17)27-16-18(24)14-22-9-11-23(12-10-22)15-20-4-3-13-28-20/h3-8,13,18,24H,2,9-12,14-16H2,1H3. The number of carbonyl (C=O) groups is 1. The molecule has 2 aromatic rings. The summed E-state index contributed by atoms with van der Waals surface area (Å²) in [6.45, 7) is 7.92. The second-order valence-corrected chi connectivity index (χ2v) is 7.90. The first-order valence-electron chi connectivity index (χ1n) is 9.69. The Hall–Kier alpha value is -1.93. The maximum atomic E-state index is 11.6. The van der Waals surface area contributed by atoms with Gasteiger partial charge in [0.2, 0.25) is 0 Å². The van der Waals surface area contributed by atoms with Crippen molar-refractivity contribution < 1.29 is 19.4 Å². The topological polar surface area (TPSA) is 62.2 Å². The van der Waals surface area contributed by atoms with E-state index in [1.54, 1.807) is 42.5 Å².